The minimum atomic E-state index is 0.410. The fraction of sp³-hybridized carbons (Fsp3) is 0.333. The Morgan fingerprint density at radius 2 is 2.00 bits per heavy atom. The molecule has 0 spiro atoms. The Morgan fingerprint density at radius 1 is 1.21 bits per heavy atom. The fourth-order valence-electron chi connectivity index (χ4n) is 1.93. The predicted octanol–water partition coefficient (Wildman–Crippen LogP) is 5.08. The summed E-state index contributed by atoms with van der Waals surface area (Å²) in [7, 11) is 0. The molecular formula is C15H17Cl2NS. The van der Waals surface area contributed by atoms with Crippen molar-refractivity contribution in [2.24, 2.45) is 0 Å². The van der Waals surface area contributed by atoms with E-state index in [0.29, 0.717) is 6.04 Å². The number of hydrogen-bond acceptors (Lipinski definition) is 2. The van der Waals surface area contributed by atoms with E-state index < -0.39 is 0 Å². The lowest BCUT2D eigenvalue weighted by Gasteiger charge is -2.14. The highest BCUT2D eigenvalue weighted by Gasteiger charge is 2.07. The van der Waals surface area contributed by atoms with Crippen molar-refractivity contribution in [3.8, 4) is 0 Å². The molecule has 0 bridgehead atoms. The zero-order valence-corrected chi connectivity index (χ0v) is 13.4. The molecule has 1 atom stereocenters. The maximum atomic E-state index is 6.15. The van der Waals surface area contributed by atoms with E-state index in [1.807, 2.05) is 29.5 Å². The first kappa shape index (κ1) is 14.9. The SMILES string of the molecule is Cc1ccc(CC(C)NCc2cc(Cl)ccc2Cl)s1. The number of thiophene rings is 1. The predicted molar refractivity (Wildman–Crippen MR) is 85.5 cm³/mol. The first-order chi connectivity index (χ1) is 9.04. The van der Waals surface area contributed by atoms with Crippen LogP contribution in [0.3, 0.4) is 0 Å². The molecule has 0 amide bonds. The molecule has 2 rings (SSSR count). The average molecular weight is 314 g/mol. The van der Waals surface area contributed by atoms with Gasteiger partial charge >= 0.3 is 0 Å². The molecule has 0 aliphatic rings. The highest BCUT2D eigenvalue weighted by atomic mass is 35.5. The molecule has 19 heavy (non-hydrogen) atoms. The van der Waals surface area contributed by atoms with E-state index in [1.54, 1.807) is 0 Å². The molecule has 0 saturated heterocycles. The van der Waals surface area contributed by atoms with Gasteiger partial charge in [-0.3, -0.25) is 0 Å². The summed E-state index contributed by atoms with van der Waals surface area (Å²) < 4.78 is 0. The standard InChI is InChI=1S/C15H17Cl2NS/c1-10(7-14-5-3-11(2)19-14)18-9-12-8-13(16)4-6-15(12)17/h3-6,8,10,18H,7,9H2,1-2H3. The second-order valence-corrected chi connectivity index (χ2v) is 6.95. The van der Waals surface area contributed by atoms with E-state index in [0.717, 1.165) is 28.6 Å². The van der Waals surface area contributed by atoms with Gasteiger partial charge in [-0.25, -0.2) is 0 Å². The Morgan fingerprint density at radius 3 is 2.68 bits per heavy atom. The van der Waals surface area contributed by atoms with Gasteiger partial charge in [0.1, 0.15) is 0 Å². The molecule has 102 valence electrons. The van der Waals surface area contributed by atoms with Crippen LogP contribution in [0.5, 0.6) is 0 Å². The van der Waals surface area contributed by atoms with Gasteiger partial charge in [0, 0.05) is 32.4 Å². The molecule has 0 fully saturated rings. The van der Waals surface area contributed by atoms with E-state index in [2.05, 4.69) is 31.3 Å². The van der Waals surface area contributed by atoms with Gasteiger partial charge in [0.15, 0.2) is 0 Å². The summed E-state index contributed by atoms with van der Waals surface area (Å²) in [5.41, 5.74) is 1.04. The molecule has 0 radical (unpaired) electrons. The average Bonchev–Trinajstić information content (AvgIpc) is 2.76. The number of benzene rings is 1. The van der Waals surface area contributed by atoms with Gasteiger partial charge in [-0.15, -0.1) is 11.3 Å². The van der Waals surface area contributed by atoms with Crippen LogP contribution in [0.1, 0.15) is 22.2 Å². The second kappa shape index (κ2) is 6.76. The van der Waals surface area contributed by atoms with Crippen LogP contribution in [0.15, 0.2) is 30.3 Å². The highest BCUT2D eigenvalue weighted by molar-refractivity contribution is 7.11. The Kier molecular flexibility index (Phi) is 5.28. The highest BCUT2D eigenvalue weighted by Crippen LogP contribution is 2.21. The van der Waals surface area contributed by atoms with E-state index in [4.69, 9.17) is 23.2 Å². The summed E-state index contributed by atoms with van der Waals surface area (Å²) in [5, 5.41) is 4.97. The normalized spacial score (nSPS) is 12.6. The third-order valence-electron chi connectivity index (χ3n) is 2.95. The molecule has 1 aromatic heterocycles. The van der Waals surface area contributed by atoms with Crippen LogP contribution >= 0.6 is 34.5 Å². The smallest absolute Gasteiger partial charge is 0.0451 e. The summed E-state index contributed by atoms with van der Waals surface area (Å²) in [4.78, 5) is 2.77. The van der Waals surface area contributed by atoms with E-state index >= 15 is 0 Å². The summed E-state index contributed by atoms with van der Waals surface area (Å²) in [5.74, 6) is 0. The maximum absolute atomic E-state index is 6.15. The van der Waals surface area contributed by atoms with Crippen LogP contribution in [0, 0.1) is 6.92 Å². The van der Waals surface area contributed by atoms with Gasteiger partial charge in [0.2, 0.25) is 0 Å². The van der Waals surface area contributed by atoms with Crippen molar-refractivity contribution >= 4 is 34.5 Å². The Labute approximate surface area is 128 Å². The van der Waals surface area contributed by atoms with Crippen LogP contribution in [0.25, 0.3) is 0 Å². The Balaban J connectivity index is 1.89. The summed E-state index contributed by atoms with van der Waals surface area (Å²) >= 11 is 14.0. The lowest BCUT2D eigenvalue weighted by molar-refractivity contribution is 0.549. The number of halogens is 2. The quantitative estimate of drug-likeness (QED) is 0.811. The van der Waals surface area contributed by atoms with Gasteiger partial charge < -0.3 is 5.32 Å². The molecule has 1 heterocycles. The summed E-state index contributed by atoms with van der Waals surface area (Å²) in [6.07, 6.45) is 1.04. The van der Waals surface area contributed by atoms with Crippen molar-refractivity contribution in [3.63, 3.8) is 0 Å². The second-order valence-electron chi connectivity index (χ2n) is 4.73. The molecule has 1 unspecified atom stereocenters. The minimum absolute atomic E-state index is 0.410. The van der Waals surface area contributed by atoms with E-state index in [9.17, 15) is 0 Å². The van der Waals surface area contributed by atoms with Crippen LogP contribution in [0.4, 0.5) is 0 Å². The van der Waals surface area contributed by atoms with Gasteiger partial charge in [0.25, 0.3) is 0 Å². The van der Waals surface area contributed by atoms with Crippen molar-refractivity contribution in [2.75, 3.05) is 0 Å². The molecule has 1 N–H and O–H groups in total. The Bertz CT molecular complexity index is 551. The van der Waals surface area contributed by atoms with Gasteiger partial charge in [-0.2, -0.15) is 0 Å². The van der Waals surface area contributed by atoms with Crippen molar-refractivity contribution in [2.45, 2.75) is 32.9 Å². The van der Waals surface area contributed by atoms with Gasteiger partial charge in [-0.05, 0) is 56.2 Å². The van der Waals surface area contributed by atoms with Crippen LogP contribution in [-0.2, 0) is 13.0 Å². The molecule has 0 aliphatic carbocycles. The van der Waals surface area contributed by atoms with Crippen LogP contribution in [-0.4, -0.2) is 6.04 Å². The monoisotopic (exact) mass is 313 g/mol. The van der Waals surface area contributed by atoms with E-state index in [-0.39, 0.29) is 0 Å². The molecule has 1 nitrogen and oxygen atoms in total. The minimum Gasteiger partial charge on any atom is -0.310 e. The van der Waals surface area contributed by atoms with E-state index in [1.165, 1.54) is 9.75 Å². The fourth-order valence-corrected chi connectivity index (χ4v) is 3.33. The summed E-state index contributed by atoms with van der Waals surface area (Å²) in [6, 6.07) is 10.3. The Hall–Kier alpha value is -0.540. The van der Waals surface area contributed by atoms with Crippen molar-refractivity contribution in [1.29, 1.82) is 0 Å². The molecule has 2 aromatic rings. The van der Waals surface area contributed by atoms with Gasteiger partial charge in [-0.1, -0.05) is 23.2 Å². The lowest BCUT2D eigenvalue weighted by Crippen LogP contribution is -2.27. The topological polar surface area (TPSA) is 12.0 Å². The number of aryl methyl sites for hydroxylation is 1. The molecule has 0 aliphatic heterocycles. The third kappa shape index (κ3) is 4.50. The number of hydrogen-bond donors (Lipinski definition) is 1. The summed E-state index contributed by atoms with van der Waals surface area (Å²) in [6.45, 7) is 5.07. The maximum Gasteiger partial charge on any atom is 0.0451 e. The molecule has 0 saturated carbocycles. The van der Waals surface area contributed by atoms with Crippen LogP contribution in [0.2, 0.25) is 10.0 Å². The van der Waals surface area contributed by atoms with Crippen molar-refractivity contribution in [1.82, 2.24) is 5.32 Å². The third-order valence-corrected chi connectivity index (χ3v) is 4.58. The zero-order chi connectivity index (χ0) is 13.8. The van der Waals surface area contributed by atoms with Gasteiger partial charge in [0.05, 0.1) is 0 Å². The number of nitrogens with one attached hydrogen (secondary N) is 1. The lowest BCUT2D eigenvalue weighted by atomic mass is 10.1. The first-order valence-electron chi connectivity index (χ1n) is 6.27. The van der Waals surface area contributed by atoms with Crippen molar-refractivity contribution in [3.05, 3.63) is 55.7 Å². The molecular weight excluding hydrogens is 297 g/mol. The van der Waals surface area contributed by atoms with Crippen LogP contribution < -0.4 is 5.32 Å². The number of rotatable bonds is 5. The first-order valence-corrected chi connectivity index (χ1v) is 7.84. The largest absolute Gasteiger partial charge is 0.310 e. The molecule has 4 heteroatoms. The zero-order valence-electron chi connectivity index (χ0n) is 11.0. The molecule has 1 aromatic carbocycles. The van der Waals surface area contributed by atoms with Crippen molar-refractivity contribution < 1.29 is 0 Å².